The fraction of sp³-hybridized carbons (Fsp3) is 1.00. The molecular weight excluding hydrogens is 199 g/mol. The zero-order valence-corrected chi connectivity index (χ0v) is 7.70. The Morgan fingerprint density at radius 3 is 1.67 bits per heavy atom. The molecule has 3 heteroatoms. The van der Waals surface area contributed by atoms with Gasteiger partial charge < -0.3 is 4.57 Å². The Balaban J connectivity index is 2.10. The molecule has 0 atom stereocenters. The van der Waals surface area contributed by atoms with E-state index in [1.807, 2.05) is 0 Å². The summed E-state index contributed by atoms with van der Waals surface area (Å²) in [5, 5.41) is 0. The van der Waals surface area contributed by atoms with Gasteiger partial charge >= 0.3 is 0 Å². The third-order valence-electron chi connectivity index (χ3n) is 2.09. The molecule has 0 radical (unpaired) electrons. The first-order chi connectivity index (χ1) is 4.21. The lowest BCUT2D eigenvalue weighted by atomic mass is 10.9. The maximum atomic E-state index is 11.7. The molecule has 2 aliphatic carbocycles. The molecule has 0 unspecified atom stereocenters. The highest BCUT2D eigenvalue weighted by Crippen LogP contribution is 2.75. The SMILES string of the molecule is O=P(Br)(C1CC1)C1CC1. The van der Waals surface area contributed by atoms with Crippen LogP contribution in [0, 0.1) is 0 Å². The first-order valence-electron chi connectivity index (χ1n) is 3.50. The predicted molar refractivity (Wildman–Crippen MR) is 42.6 cm³/mol. The largest absolute Gasteiger partial charge is 0.311 e. The smallest absolute Gasteiger partial charge is 0.153 e. The minimum atomic E-state index is -1.80. The Kier molecular flexibility index (Phi) is 1.32. The Hall–Kier alpha value is 0.710. The summed E-state index contributed by atoms with van der Waals surface area (Å²) in [6, 6.07) is 0. The molecule has 2 aliphatic rings. The Morgan fingerprint density at radius 1 is 1.11 bits per heavy atom. The normalized spacial score (nSPS) is 28.6. The summed E-state index contributed by atoms with van der Waals surface area (Å²) in [5.74, 6) is -1.80. The third-order valence-corrected chi connectivity index (χ3v) is 8.59. The summed E-state index contributed by atoms with van der Waals surface area (Å²) in [4.78, 5) is 0. The van der Waals surface area contributed by atoms with Crippen molar-refractivity contribution in [2.75, 3.05) is 0 Å². The summed E-state index contributed by atoms with van der Waals surface area (Å²) >= 11 is 3.39. The summed E-state index contributed by atoms with van der Waals surface area (Å²) < 4.78 is 11.7. The van der Waals surface area contributed by atoms with Gasteiger partial charge in [-0.1, -0.05) is 0 Å². The van der Waals surface area contributed by atoms with E-state index < -0.39 is 5.84 Å². The third kappa shape index (κ3) is 1.12. The molecular formula is C6H10BrOP. The van der Waals surface area contributed by atoms with Crippen LogP contribution in [0.2, 0.25) is 0 Å². The van der Waals surface area contributed by atoms with Crippen LogP contribution in [0.15, 0.2) is 0 Å². The lowest BCUT2D eigenvalue weighted by Gasteiger charge is -2.05. The lowest BCUT2D eigenvalue weighted by Crippen LogP contribution is -1.85. The summed E-state index contributed by atoms with van der Waals surface area (Å²) in [5.41, 5.74) is 1.15. The topological polar surface area (TPSA) is 17.1 Å². The fourth-order valence-corrected chi connectivity index (χ4v) is 5.91. The van der Waals surface area contributed by atoms with Gasteiger partial charge in [0.15, 0.2) is 5.84 Å². The van der Waals surface area contributed by atoms with Crippen LogP contribution in [0.1, 0.15) is 25.7 Å². The zero-order valence-electron chi connectivity index (χ0n) is 5.22. The van der Waals surface area contributed by atoms with Crippen LogP contribution in [0.25, 0.3) is 0 Å². The van der Waals surface area contributed by atoms with Crippen LogP contribution < -0.4 is 0 Å². The van der Waals surface area contributed by atoms with E-state index >= 15 is 0 Å². The molecule has 0 N–H and O–H groups in total. The zero-order chi connectivity index (χ0) is 6.48. The van der Waals surface area contributed by atoms with Crippen molar-refractivity contribution < 1.29 is 4.57 Å². The van der Waals surface area contributed by atoms with Crippen molar-refractivity contribution in [1.29, 1.82) is 0 Å². The van der Waals surface area contributed by atoms with E-state index in [-0.39, 0.29) is 0 Å². The monoisotopic (exact) mass is 208 g/mol. The molecule has 0 heterocycles. The van der Waals surface area contributed by atoms with Crippen molar-refractivity contribution in [3.05, 3.63) is 0 Å². The van der Waals surface area contributed by atoms with Crippen LogP contribution in [-0.2, 0) is 4.57 Å². The first-order valence-corrected chi connectivity index (χ1v) is 7.36. The second kappa shape index (κ2) is 1.85. The highest BCUT2D eigenvalue weighted by Gasteiger charge is 2.48. The number of halogens is 1. The molecule has 1 nitrogen and oxygen atoms in total. The molecule has 52 valence electrons. The van der Waals surface area contributed by atoms with Gasteiger partial charge in [-0.2, -0.15) is 0 Å². The Labute approximate surface area is 63.3 Å². The van der Waals surface area contributed by atoms with Crippen molar-refractivity contribution in [1.82, 2.24) is 0 Å². The van der Waals surface area contributed by atoms with E-state index in [1.165, 1.54) is 25.7 Å². The number of hydrogen-bond acceptors (Lipinski definition) is 1. The van der Waals surface area contributed by atoms with Crippen molar-refractivity contribution in [2.45, 2.75) is 37.0 Å². The number of hydrogen-bond donors (Lipinski definition) is 0. The van der Waals surface area contributed by atoms with E-state index in [0.717, 1.165) is 0 Å². The molecule has 0 aromatic carbocycles. The molecule has 2 saturated carbocycles. The first kappa shape index (κ1) is 6.42. The number of rotatable bonds is 2. The van der Waals surface area contributed by atoms with Crippen molar-refractivity contribution in [3.63, 3.8) is 0 Å². The van der Waals surface area contributed by atoms with Gasteiger partial charge in [0.1, 0.15) is 0 Å². The van der Waals surface area contributed by atoms with Gasteiger partial charge in [-0.05, 0) is 41.2 Å². The molecule has 0 aliphatic heterocycles. The standard InChI is InChI=1S/C6H10BrOP/c7-9(8,5-1-2-5)6-3-4-6/h5-6H,1-4H2. The minimum absolute atomic E-state index is 0.574. The van der Waals surface area contributed by atoms with Gasteiger partial charge in [-0.3, -0.25) is 0 Å². The van der Waals surface area contributed by atoms with E-state index in [1.54, 1.807) is 0 Å². The van der Waals surface area contributed by atoms with Gasteiger partial charge in [0.25, 0.3) is 0 Å². The van der Waals surface area contributed by atoms with E-state index in [2.05, 4.69) is 15.5 Å². The van der Waals surface area contributed by atoms with Crippen LogP contribution in [0.5, 0.6) is 0 Å². The molecule has 0 aromatic rings. The Bertz CT molecular complexity index is 156. The molecule has 0 amide bonds. The van der Waals surface area contributed by atoms with E-state index in [4.69, 9.17) is 0 Å². The van der Waals surface area contributed by atoms with Gasteiger partial charge in [-0.25, -0.2) is 0 Å². The molecule has 0 saturated heterocycles. The van der Waals surface area contributed by atoms with Crippen LogP contribution >= 0.6 is 21.3 Å². The average Bonchev–Trinajstić information content (AvgIpc) is 2.62. The molecule has 0 bridgehead atoms. The van der Waals surface area contributed by atoms with Gasteiger partial charge in [0.2, 0.25) is 0 Å². The molecule has 0 aromatic heterocycles. The van der Waals surface area contributed by atoms with Crippen molar-refractivity contribution >= 4 is 21.3 Å². The minimum Gasteiger partial charge on any atom is -0.311 e. The van der Waals surface area contributed by atoms with Gasteiger partial charge in [0.05, 0.1) is 0 Å². The van der Waals surface area contributed by atoms with E-state index in [0.29, 0.717) is 11.3 Å². The van der Waals surface area contributed by atoms with Crippen LogP contribution in [0.3, 0.4) is 0 Å². The van der Waals surface area contributed by atoms with E-state index in [9.17, 15) is 4.57 Å². The quantitative estimate of drug-likeness (QED) is 0.639. The highest BCUT2D eigenvalue weighted by atomic mass is 79.9. The van der Waals surface area contributed by atoms with Crippen molar-refractivity contribution in [2.24, 2.45) is 0 Å². The van der Waals surface area contributed by atoms with Crippen molar-refractivity contribution in [3.8, 4) is 0 Å². The second-order valence-corrected chi connectivity index (χ2v) is 9.12. The summed E-state index contributed by atoms with van der Waals surface area (Å²) in [7, 11) is 0. The van der Waals surface area contributed by atoms with Gasteiger partial charge in [-0.15, -0.1) is 0 Å². The molecule has 9 heavy (non-hydrogen) atoms. The van der Waals surface area contributed by atoms with Crippen LogP contribution in [0.4, 0.5) is 0 Å². The summed E-state index contributed by atoms with van der Waals surface area (Å²) in [6.45, 7) is 0. The molecule has 0 spiro atoms. The molecule has 2 rings (SSSR count). The summed E-state index contributed by atoms with van der Waals surface area (Å²) in [6.07, 6.45) is 4.83. The lowest BCUT2D eigenvalue weighted by molar-refractivity contribution is 0.584. The molecule has 2 fully saturated rings. The van der Waals surface area contributed by atoms with Gasteiger partial charge in [0, 0.05) is 11.3 Å². The second-order valence-electron chi connectivity index (χ2n) is 3.09. The Morgan fingerprint density at radius 2 is 1.44 bits per heavy atom. The predicted octanol–water partition coefficient (Wildman–Crippen LogP) is 2.98. The van der Waals surface area contributed by atoms with Crippen LogP contribution in [-0.4, -0.2) is 11.3 Å². The maximum Gasteiger partial charge on any atom is 0.153 e. The maximum absolute atomic E-state index is 11.7. The fourth-order valence-electron chi connectivity index (χ4n) is 1.15. The average molecular weight is 209 g/mol. The highest BCUT2D eigenvalue weighted by molar-refractivity contribution is 9.40.